The van der Waals surface area contributed by atoms with Crippen LogP contribution >= 0.6 is 0 Å². The molecule has 0 radical (unpaired) electrons. The Kier molecular flexibility index (Phi) is 9.08. The second-order valence-corrected chi connectivity index (χ2v) is 6.55. The lowest BCUT2D eigenvalue weighted by molar-refractivity contribution is -0.136. The highest BCUT2D eigenvalue weighted by Crippen LogP contribution is 2.04. The van der Waals surface area contributed by atoms with Gasteiger partial charge >= 0.3 is 0 Å². The summed E-state index contributed by atoms with van der Waals surface area (Å²) < 4.78 is 5.44. The second-order valence-electron chi connectivity index (χ2n) is 6.55. The Balaban J connectivity index is 2.16. The zero-order valence-electron chi connectivity index (χ0n) is 15.3. The maximum Gasteiger partial charge on any atom is 0.248 e. The van der Waals surface area contributed by atoms with Crippen LogP contribution in [0.25, 0.3) is 0 Å². The summed E-state index contributed by atoms with van der Waals surface area (Å²) in [5.74, 6) is 0.487. The van der Waals surface area contributed by atoms with Crippen molar-refractivity contribution in [2.45, 2.75) is 33.2 Å². The maximum absolute atomic E-state index is 12.0. The zero-order valence-corrected chi connectivity index (χ0v) is 15.3. The molecule has 0 saturated carbocycles. The van der Waals surface area contributed by atoms with Crippen molar-refractivity contribution < 1.29 is 14.3 Å². The number of carbonyl (C=O) groups is 2. The van der Waals surface area contributed by atoms with Crippen molar-refractivity contribution in [3.8, 4) is 0 Å². The third kappa shape index (κ3) is 8.11. The summed E-state index contributed by atoms with van der Waals surface area (Å²) in [5, 5.41) is 0. The van der Waals surface area contributed by atoms with E-state index in [9.17, 15) is 9.59 Å². The monoisotopic (exact) mass is 334 g/mol. The van der Waals surface area contributed by atoms with Gasteiger partial charge in [-0.2, -0.15) is 0 Å². The minimum Gasteiger partial charge on any atom is -0.372 e. The van der Waals surface area contributed by atoms with Crippen molar-refractivity contribution in [1.82, 2.24) is 9.80 Å². The van der Waals surface area contributed by atoms with Crippen LogP contribution in [-0.4, -0.2) is 55.5 Å². The smallest absolute Gasteiger partial charge is 0.248 e. The largest absolute Gasteiger partial charge is 0.372 e. The quantitative estimate of drug-likeness (QED) is 0.618. The van der Waals surface area contributed by atoms with Gasteiger partial charge in [0.15, 0.2) is 0 Å². The van der Waals surface area contributed by atoms with E-state index in [1.54, 1.807) is 16.8 Å². The Labute approximate surface area is 145 Å². The van der Waals surface area contributed by atoms with Crippen LogP contribution in [0.2, 0.25) is 0 Å². The van der Waals surface area contributed by atoms with Gasteiger partial charge in [-0.3, -0.25) is 9.59 Å². The van der Waals surface area contributed by atoms with Crippen molar-refractivity contribution in [3.63, 3.8) is 0 Å². The predicted molar refractivity (Wildman–Crippen MR) is 95.4 cm³/mol. The number of rotatable bonds is 10. The van der Waals surface area contributed by atoms with Crippen LogP contribution in [0.5, 0.6) is 0 Å². The van der Waals surface area contributed by atoms with Gasteiger partial charge in [0.1, 0.15) is 6.61 Å². The second kappa shape index (κ2) is 10.8. The first-order chi connectivity index (χ1) is 11.4. The Morgan fingerprint density at radius 1 is 1.04 bits per heavy atom. The van der Waals surface area contributed by atoms with Crippen LogP contribution in [-0.2, 0) is 20.9 Å². The molecule has 0 aliphatic heterocycles. The van der Waals surface area contributed by atoms with Crippen LogP contribution in [0.15, 0.2) is 30.3 Å². The highest BCUT2D eigenvalue weighted by molar-refractivity contribution is 5.77. The highest BCUT2D eigenvalue weighted by Gasteiger charge is 2.11. The minimum atomic E-state index is -0.0388. The van der Waals surface area contributed by atoms with E-state index in [1.165, 1.54) is 0 Å². The molecule has 5 nitrogen and oxygen atoms in total. The predicted octanol–water partition coefficient (Wildman–Crippen LogP) is 2.56. The molecule has 0 fully saturated rings. The van der Waals surface area contributed by atoms with E-state index < -0.39 is 0 Å². The van der Waals surface area contributed by atoms with Gasteiger partial charge in [0.25, 0.3) is 0 Å². The van der Waals surface area contributed by atoms with Gasteiger partial charge in [-0.15, -0.1) is 0 Å². The fraction of sp³-hybridized carbons (Fsp3) is 0.579. The molecule has 0 atom stereocenters. The van der Waals surface area contributed by atoms with Gasteiger partial charge in [0.2, 0.25) is 11.8 Å². The average molecular weight is 334 g/mol. The molecule has 1 aromatic carbocycles. The maximum atomic E-state index is 12.0. The number of carbonyl (C=O) groups excluding carboxylic acids is 2. The van der Waals surface area contributed by atoms with Crippen LogP contribution in [0, 0.1) is 5.92 Å². The summed E-state index contributed by atoms with van der Waals surface area (Å²) in [4.78, 5) is 27.2. The Bertz CT molecular complexity index is 503. The lowest BCUT2D eigenvalue weighted by atomic mass is 10.1. The van der Waals surface area contributed by atoms with Gasteiger partial charge in [-0.1, -0.05) is 44.2 Å². The normalized spacial score (nSPS) is 10.7. The number of nitrogens with zero attached hydrogens (tertiary/aromatic N) is 2. The van der Waals surface area contributed by atoms with Gasteiger partial charge in [-0.05, 0) is 17.9 Å². The molecular weight excluding hydrogens is 304 g/mol. The van der Waals surface area contributed by atoms with Gasteiger partial charge in [0.05, 0.1) is 0 Å². The number of hydrogen-bond donors (Lipinski definition) is 0. The van der Waals surface area contributed by atoms with E-state index in [4.69, 9.17) is 4.74 Å². The molecule has 0 aliphatic rings. The van der Waals surface area contributed by atoms with Crippen molar-refractivity contribution in [3.05, 3.63) is 35.9 Å². The molecule has 5 heteroatoms. The van der Waals surface area contributed by atoms with E-state index >= 15 is 0 Å². The molecule has 0 aromatic heterocycles. The van der Waals surface area contributed by atoms with Gasteiger partial charge in [-0.25, -0.2) is 0 Å². The average Bonchev–Trinajstić information content (AvgIpc) is 2.54. The molecule has 0 aliphatic carbocycles. The van der Waals surface area contributed by atoms with Gasteiger partial charge in [0, 0.05) is 40.2 Å². The Morgan fingerprint density at radius 2 is 1.71 bits per heavy atom. The Hall–Kier alpha value is -1.88. The zero-order chi connectivity index (χ0) is 17.9. The minimum absolute atomic E-state index is 0.0388. The molecule has 2 amide bonds. The van der Waals surface area contributed by atoms with Crippen molar-refractivity contribution >= 4 is 11.8 Å². The van der Waals surface area contributed by atoms with Crippen molar-refractivity contribution in [2.75, 3.05) is 33.9 Å². The summed E-state index contributed by atoms with van der Waals surface area (Å²) in [6.07, 6.45) is 1.30. The van der Waals surface area contributed by atoms with Crippen LogP contribution in [0.3, 0.4) is 0 Å². The number of likely N-dealkylation sites (N-methyl/N-ethyl adjacent to an activating group) is 1. The van der Waals surface area contributed by atoms with E-state index in [1.807, 2.05) is 51.2 Å². The number of benzene rings is 1. The molecule has 0 heterocycles. The molecule has 0 unspecified atom stereocenters. The van der Waals surface area contributed by atoms with Crippen LogP contribution in [0.4, 0.5) is 0 Å². The number of ether oxygens (including phenoxy) is 1. The Morgan fingerprint density at radius 3 is 2.33 bits per heavy atom. The fourth-order valence-electron chi connectivity index (χ4n) is 2.25. The van der Waals surface area contributed by atoms with E-state index in [-0.39, 0.29) is 18.4 Å². The fourth-order valence-corrected chi connectivity index (χ4v) is 2.25. The SMILES string of the molecule is CC(C)CC(=O)N(C)CCCOCC(=O)N(C)Cc1ccccc1. The lowest BCUT2D eigenvalue weighted by Crippen LogP contribution is -2.31. The molecule has 134 valence electrons. The standard InChI is InChI=1S/C19H30N2O3/c1-16(2)13-18(22)20(3)11-8-12-24-15-19(23)21(4)14-17-9-6-5-7-10-17/h5-7,9-10,16H,8,11-15H2,1-4H3. The molecule has 0 N–H and O–H groups in total. The molecule has 1 rings (SSSR count). The first-order valence-electron chi connectivity index (χ1n) is 8.49. The topological polar surface area (TPSA) is 49.9 Å². The first kappa shape index (κ1) is 20.2. The summed E-state index contributed by atoms with van der Waals surface area (Å²) >= 11 is 0. The summed E-state index contributed by atoms with van der Waals surface area (Å²) in [6, 6.07) is 9.86. The third-order valence-corrected chi connectivity index (χ3v) is 3.70. The molecule has 24 heavy (non-hydrogen) atoms. The summed E-state index contributed by atoms with van der Waals surface area (Å²) in [6.45, 7) is 5.85. The van der Waals surface area contributed by atoms with E-state index in [0.29, 0.717) is 32.0 Å². The summed E-state index contributed by atoms with van der Waals surface area (Å²) in [7, 11) is 3.58. The van der Waals surface area contributed by atoms with Crippen LogP contribution < -0.4 is 0 Å². The molecule has 0 bridgehead atoms. The van der Waals surface area contributed by atoms with Crippen molar-refractivity contribution in [2.24, 2.45) is 5.92 Å². The first-order valence-corrected chi connectivity index (χ1v) is 8.49. The van der Waals surface area contributed by atoms with E-state index in [0.717, 1.165) is 12.0 Å². The number of hydrogen-bond acceptors (Lipinski definition) is 3. The molecule has 0 spiro atoms. The molecular formula is C19H30N2O3. The van der Waals surface area contributed by atoms with Crippen LogP contribution in [0.1, 0.15) is 32.3 Å². The summed E-state index contributed by atoms with van der Waals surface area (Å²) in [5.41, 5.74) is 1.10. The highest BCUT2D eigenvalue weighted by atomic mass is 16.5. The third-order valence-electron chi connectivity index (χ3n) is 3.70. The molecule has 0 saturated heterocycles. The van der Waals surface area contributed by atoms with Gasteiger partial charge < -0.3 is 14.5 Å². The van der Waals surface area contributed by atoms with Crippen molar-refractivity contribution in [1.29, 1.82) is 0 Å². The number of amides is 2. The molecule has 1 aromatic rings. The lowest BCUT2D eigenvalue weighted by Gasteiger charge is -2.19. The van der Waals surface area contributed by atoms with E-state index in [2.05, 4.69) is 0 Å².